The van der Waals surface area contributed by atoms with Crippen LogP contribution in [0.1, 0.15) is 29.7 Å². The highest BCUT2D eigenvalue weighted by Crippen LogP contribution is 2.41. The van der Waals surface area contributed by atoms with Gasteiger partial charge in [0, 0.05) is 6.54 Å². The Bertz CT molecular complexity index is 994. The van der Waals surface area contributed by atoms with Crippen LogP contribution < -0.4 is 5.32 Å². The highest BCUT2D eigenvalue weighted by molar-refractivity contribution is 6.09. The second-order valence-corrected chi connectivity index (χ2v) is 7.19. The Kier molecular flexibility index (Phi) is 4.80. The molecule has 1 unspecified atom stereocenters. The lowest BCUT2D eigenvalue weighted by atomic mass is 9.92. The van der Waals surface area contributed by atoms with Crippen molar-refractivity contribution < 1.29 is 18.8 Å². The molecule has 8 nitrogen and oxygen atoms in total. The van der Waals surface area contributed by atoms with E-state index in [1.54, 1.807) is 12.1 Å². The number of aryl methyl sites for hydroxylation is 1. The van der Waals surface area contributed by atoms with Crippen molar-refractivity contribution in [1.82, 2.24) is 15.1 Å². The molecule has 2 aromatic rings. The van der Waals surface area contributed by atoms with Crippen LogP contribution in [0.15, 0.2) is 47.1 Å². The van der Waals surface area contributed by atoms with Crippen LogP contribution in [0.25, 0.3) is 0 Å². The van der Waals surface area contributed by atoms with Crippen LogP contribution in [0, 0.1) is 11.3 Å². The number of nitrogens with one attached hydrogen (secondary N) is 1. The number of hydrogen-bond donors (Lipinski definition) is 1. The van der Waals surface area contributed by atoms with Gasteiger partial charge in [0.05, 0.1) is 25.3 Å². The van der Waals surface area contributed by atoms with Gasteiger partial charge < -0.3 is 14.6 Å². The van der Waals surface area contributed by atoms with Crippen LogP contribution in [-0.2, 0) is 28.1 Å². The molecule has 0 bridgehead atoms. The van der Waals surface area contributed by atoms with Crippen LogP contribution in [0.3, 0.4) is 0 Å². The van der Waals surface area contributed by atoms with Crippen LogP contribution in [-0.4, -0.2) is 40.7 Å². The van der Waals surface area contributed by atoms with Gasteiger partial charge in [0.2, 0.25) is 5.91 Å². The van der Waals surface area contributed by atoms with Gasteiger partial charge in [0.15, 0.2) is 0 Å². The smallest absolute Gasteiger partial charge is 0.325 e. The van der Waals surface area contributed by atoms with Crippen LogP contribution in [0.4, 0.5) is 4.79 Å². The van der Waals surface area contributed by atoms with E-state index in [-0.39, 0.29) is 26.1 Å². The van der Waals surface area contributed by atoms with Crippen molar-refractivity contribution in [3.63, 3.8) is 0 Å². The van der Waals surface area contributed by atoms with E-state index >= 15 is 0 Å². The first-order valence-electron chi connectivity index (χ1n) is 9.45. The molecule has 1 aliphatic carbocycles. The van der Waals surface area contributed by atoms with Gasteiger partial charge in [0.25, 0.3) is 5.91 Å². The first kappa shape index (κ1) is 18.7. The van der Waals surface area contributed by atoms with Gasteiger partial charge in [-0.05, 0) is 36.1 Å². The molecule has 1 aliphatic heterocycles. The predicted octanol–water partition coefficient (Wildman–Crippen LogP) is 1.92. The zero-order valence-corrected chi connectivity index (χ0v) is 15.8. The number of urea groups is 1. The molecule has 148 valence electrons. The molecule has 1 aromatic carbocycles. The Morgan fingerprint density at radius 2 is 2.10 bits per heavy atom. The molecule has 4 amide bonds. The number of rotatable bonds is 6. The molecule has 8 heteroatoms. The highest BCUT2D eigenvalue weighted by atomic mass is 16.3. The standard InChI is InChI=1S/C21H20N4O4/c22-10-4-11-24(13-16-6-3-12-29-16)18(26)14-25-19(27)21(23-20(25)28)9-8-15-5-1-2-7-17(15)21/h1-3,5-7,12H,4,8-9,11,13-14H2,(H,23,28). The SMILES string of the molecule is N#CCCN(Cc1ccco1)C(=O)CN1C(=O)NC2(CCc3ccccc32)C1=O. The van der Waals surface area contributed by atoms with Gasteiger partial charge >= 0.3 is 6.03 Å². The number of hydrogen-bond acceptors (Lipinski definition) is 5. The summed E-state index contributed by atoms with van der Waals surface area (Å²) in [5.41, 5.74) is 0.736. The summed E-state index contributed by atoms with van der Waals surface area (Å²) in [6, 6.07) is 12.4. The third-order valence-electron chi connectivity index (χ3n) is 5.49. The number of amides is 4. The third-order valence-corrected chi connectivity index (χ3v) is 5.49. The second kappa shape index (κ2) is 7.43. The summed E-state index contributed by atoms with van der Waals surface area (Å²) in [5, 5.41) is 11.7. The van der Waals surface area contributed by atoms with Crippen molar-refractivity contribution in [2.75, 3.05) is 13.1 Å². The Labute approximate surface area is 167 Å². The fourth-order valence-corrected chi connectivity index (χ4v) is 4.04. The van der Waals surface area contributed by atoms with E-state index in [0.717, 1.165) is 16.0 Å². The lowest BCUT2D eigenvalue weighted by Gasteiger charge is -2.24. The summed E-state index contributed by atoms with van der Waals surface area (Å²) in [6.07, 6.45) is 2.81. The number of carbonyl (C=O) groups is 3. The summed E-state index contributed by atoms with van der Waals surface area (Å²) in [7, 11) is 0. The fourth-order valence-electron chi connectivity index (χ4n) is 4.04. The first-order chi connectivity index (χ1) is 14.0. The Hall–Kier alpha value is -3.60. The molecule has 1 fully saturated rings. The van der Waals surface area contributed by atoms with E-state index in [0.29, 0.717) is 18.6 Å². The van der Waals surface area contributed by atoms with E-state index in [9.17, 15) is 14.4 Å². The number of nitriles is 1. The lowest BCUT2D eigenvalue weighted by Crippen LogP contribution is -2.45. The summed E-state index contributed by atoms with van der Waals surface area (Å²) < 4.78 is 5.28. The van der Waals surface area contributed by atoms with Crippen molar-refractivity contribution in [1.29, 1.82) is 5.26 Å². The summed E-state index contributed by atoms with van der Waals surface area (Å²) in [6.45, 7) is -0.0144. The number of benzene rings is 1. The Morgan fingerprint density at radius 1 is 1.28 bits per heavy atom. The van der Waals surface area contributed by atoms with Crippen molar-refractivity contribution in [3.8, 4) is 6.07 Å². The van der Waals surface area contributed by atoms with Gasteiger partial charge in [-0.1, -0.05) is 24.3 Å². The minimum atomic E-state index is -1.09. The minimum absolute atomic E-state index is 0.143. The lowest BCUT2D eigenvalue weighted by molar-refractivity contribution is -0.139. The molecule has 1 spiro atoms. The zero-order chi connectivity index (χ0) is 20.4. The number of imide groups is 1. The van der Waals surface area contributed by atoms with Crippen molar-refractivity contribution >= 4 is 17.8 Å². The third kappa shape index (κ3) is 3.25. The molecule has 1 atom stereocenters. The average Bonchev–Trinajstić information content (AvgIpc) is 3.42. The Morgan fingerprint density at radius 3 is 2.86 bits per heavy atom. The molecule has 29 heavy (non-hydrogen) atoms. The predicted molar refractivity (Wildman–Crippen MR) is 101 cm³/mol. The largest absolute Gasteiger partial charge is 0.467 e. The van der Waals surface area contributed by atoms with Gasteiger partial charge in [-0.2, -0.15) is 5.26 Å². The molecule has 4 rings (SSSR count). The van der Waals surface area contributed by atoms with Gasteiger partial charge in [0.1, 0.15) is 17.8 Å². The van der Waals surface area contributed by atoms with Crippen LogP contribution >= 0.6 is 0 Å². The van der Waals surface area contributed by atoms with Crippen LogP contribution in [0.5, 0.6) is 0 Å². The number of carbonyl (C=O) groups excluding carboxylic acids is 3. The minimum Gasteiger partial charge on any atom is -0.467 e. The molecule has 1 aromatic heterocycles. The molecule has 1 saturated heterocycles. The highest BCUT2D eigenvalue weighted by Gasteiger charge is 2.55. The summed E-state index contributed by atoms with van der Waals surface area (Å²) >= 11 is 0. The van der Waals surface area contributed by atoms with E-state index in [2.05, 4.69) is 5.32 Å². The summed E-state index contributed by atoms with van der Waals surface area (Å²) in [4.78, 5) is 41.1. The summed E-state index contributed by atoms with van der Waals surface area (Å²) in [5.74, 6) is -0.253. The van der Waals surface area contributed by atoms with Gasteiger partial charge in [-0.3, -0.25) is 14.5 Å². The maximum Gasteiger partial charge on any atom is 0.325 e. The zero-order valence-electron chi connectivity index (χ0n) is 15.8. The molecule has 1 N–H and O–H groups in total. The van der Waals surface area contributed by atoms with E-state index < -0.39 is 23.4 Å². The Balaban J connectivity index is 1.52. The normalized spacial score (nSPS) is 19.9. The first-order valence-corrected chi connectivity index (χ1v) is 9.45. The van der Waals surface area contributed by atoms with Gasteiger partial charge in [-0.25, -0.2) is 4.79 Å². The second-order valence-electron chi connectivity index (χ2n) is 7.19. The van der Waals surface area contributed by atoms with Crippen molar-refractivity contribution in [3.05, 3.63) is 59.5 Å². The van der Waals surface area contributed by atoms with Crippen molar-refractivity contribution in [2.24, 2.45) is 0 Å². The van der Waals surface area contributed by atoms with E-state index in [4.69, 9.17) is 9.68 Å². The maximum atomic E-state index is 13.2. The van der Waals surface area contributed by atoms with Gasteiger partial charge in [-0.15, -0.1) is 0 Å². The molecular weight excluding hydrogens is 372 g/mol. The number of furan rings is 1. The molecule has 2 heterocycles. The number of nitrogens with zero attached hydrogens (tertiary/aromatic N) is 3. The van der Waals surface area contributed by atoms with E-state index in [1.807, 2.05) is 30.3 Å². The fraction of sp³-hybridized carbons (Fsp3) is 0.333. The molecular formula is C21H20N4O4. The van der Waals surface area contributed by atoms with Crippen molar-refractivity contribution in [2.45, 2.75) is 31.3 Å². The molecule has 0 saturated carbocycles. The van der Waals surface area contributed by atoms with Crippen LogP contribution in [0.2, 0.25) is 0 Å². The molecule has 2 aliphatic rings. The topological polar surface area (TPSA) is 107 Å². The van der Waals surface area contributed by atoms with E-state index in [1.165, 1.54) is 11.2 Å². The molecule has 0 radical (unpaired) electrons. The number of fused-ring (bicyclic) bond motifs is 2. The maximum absolute atomic E-state index is 13.2. The monoisotopic (exact) mass is 392 g/mol. The average molecular weight is 392 g/mol. The quantitative estimate of drug-likeness (QED) is 0.756.